The van der Waals surface area contributed by atoms with Gasteiger partial charge in [0, 0.05) is 37.4 Å². The maximum atomic E-state index is 12.9. The fourth-order valence-corrected chi connectivity index (χ4v) is 5.28. The van der Waals surface area contributed by atoms with Gasteiger partial charge in [-0.3, -0.25) is 14.4 Å². The smallest absolute Gasteiger partial charge is 0.255 e. The Morgan fingerprint density at radius 2 is 1.65 bits per heavy atom. The van der Waals surface area contributed by atoms with Gasteiger partial charge in [-0.2, -0.15) is 0 Å². The van der Waals surface area contributed by atoms with Crippen LogP contribution in [0.4, 0.5) is 5.69 Å². The molecule has 2 fully saturated rings. The minimum Gasteiger partial charge on any atom is -0.379 e. The van der Waals surface area contributed by atoms with Gasteiger partial charge in [0.15, 0.2) is 0 Å². The van der Waals surface area contributed by atoms with Crippen molar-refractivity contribution in [3.63, 3.8) is 0 Å². The molecule has 0 atom stereocenters. The summed E-state index contributed by atoms with van der Waals surface area (Å²) < 4.78 is 32.6. The maximum absolute atomic E-state index is 12.9. The van der Waals surface area contributed by atoms with E-state index in [1.54, 1.807) is 30.3 Å². The highest BCUT2D eigenvalue weighted by atomic mass is 32.2. The monoisotopic (exact) mass is 483 g/mol. The van der Waals surface area contributed by atoms with E-state index in [0.29, 0.717) is 17.2 Å². The number of piperidine rings is 1. The first-order chi connectivity index (χ1) is 16.5. The van der Waals surface area contributed by atoms with E-state index in [-0.39, 0.29) is 5.91 Å². The number of carbonyl (C=O) groups is 1. The molecule has 0 aliphatic carbocycles. The molecule has 2 aliphatic rings. The Hall–Kier alpha value is -2.68. The molecule has 0 unspecified atom stereocenters. The zero-order valence-corrected chi connectivity index (χ0v) is 20.3. The Labute approximate surface area is 202 Å². The van der Waals surface area contributed by atoms with Crippen molar-refractivity contribution in [2.24, 2.45) is 5.92 Å². The predicted octanol–water partition coefficient (Wildman–Crippen LogP) is 3.67. The van der Waals surface area contributed by atoms with Crippen LogP contribution in [0.2, 0.25) is 0 Å². The van der Waals surface area contributed by atoms with Crippen molar-refractivity contribution in [2.45, 2.75) is 19.3 Å². The van der Waals surface area contributed by atoms with E-state index < -0.39 is 10.0 Å². The molecule has 0 spiro atoms. The minimum absolute atomic E-state index is 0.00464. The first-order valence-corrected chi connectivity index (χ1v) is 13.5. The first-order valence-electron chi connectivity index (χ1n) is 11.9. The number of hydrogen-bond acceptors (Lipinski definition) is 5. The molecule has 4 rings (SSSR count). The average Bonchev–Trinajstić information content (AvgIpc) is 2.88. The Morgan fingerprint density at radius 1 is 0.971 bits per heavy atom. The fraction of sp³-hybridized carbons (Fsp3) is 0.423. The Morgan fingerprint density at radius 3 is 2.32 bits per heavy atom. The number of nitrogens with zero attached hydrogens (tertiary/aromatic N) is 2. The average molecular weight is 484 g/mol. The Balaban J connectivity index is 1.25. The number of hydrogen-bond donors (Lipinski definition) is 1. The van der Waals surface area contributed by atoms with Crippen LogP contribution in [0, 0.1) is 5.92 Å². The normalized spacial score (nSPS) is 18.3. The van der Waals surface area contributed by atoms with Crippen LogP contribution in [0.3, 0.4) is 0 Å². The molecule has 1 N–H and O–H groups in total. The van der Waals surface area contributed by atoms with Crippen LogP contribution in [0.15, 0.2) is 60.0 Å². The first kappa shape index (κ1) is 24.4. The summed E-state index contributed by atoms with van der Waals surface area (Å²) in [5.41, 5.74) is 1.81. The zero-order valence-electron chi connectivity index (χ0n) is 19.4. The third-order valence-corrected chi connectivity index (χ3v) is 7.50. The highest BCUT2D eigenvalue weighted by Gasteiger charge is 2.24. The van der Waals surface area contributed by atoms with Gasteiger partial charge < -0.3 is 9.64 Å². The highest BCUT2D eigenvalue weighted by Crippen LogP contribution is 2.23. The van der Waals surface area contributed by atoms with Crippen LogP contribution in [0.5, 0.6) is 0 Å². The van der Waals surface area contributed by atoms with Gasteiger partial charge in [-0.1, -0.05) is 30.3 Å². The highest BCUT2D eigenvalue weighted by molar-refractivity contribution is 7.95. The van der Waals surface area contributed by atoms with Gasteiger partial charge in [0.05, 0.1) is 18.6 Å². The number of likely N-dealkylation sites (tertiary alicyclic amines) is 1. The van der Waals surface area contributed by atoms with Crippen LogP contribution in [-0.2, 0) is 14.8 Å². The molecule has 2 aromatic rings. The van der Waals surface area contributed by atoms with Crippen molar-refractivity contribution < 1.29 is 17.9 Å². The van der Waals surface area contributed by atoms with E-state index in [1.165, 1.54) is 6.42 Å². The SMILES string of the molecule is O=C(c1ccc(NS(=O)(=O)/C=C/c2ccccc2)cc1)N1CCC(CCN2CCOCC2)CC1. The molecule has 7 nitrogen and oxygen atoms in total. The Kier molecular flexibility index (Phi) is 8.37. The van der Waals surface area contributed by atoms with E-state index >= 15 is 0 Å². The molecule has 0 aromatic heterocycles. The molecule has 1 amide bonds. The molecular formula is C26H33N3O4S. The summed E-state index contributed by atoms with van der Waals surface area (Å²) in [6, 6.07) is 15.9. The molecular weight excluding hydrogens is 450 g/mol. The summed E-state index contributed by atoms with van der Waals surface area (Å²) in [6.45, 7) is 6.35. The number of rotatable bonds is 8. The second-order valence-corrected chi connectivity index (χ2v) is 10.5. The van der Waals surface area contributed by atoms with Crippen LogP contribution in [0.1, 0.15) is 35.2 Å². The lowest BCUT2D eigenvalue weighted by Gasteiger charge is -2.34. The summed E-state index contributed by atoms with van der Waals surface area (Å²) in [5, 5.41) is 1.14. The summed E-state index contributed by atoms with van der Waals surface area (Å²) >= 11 is 0. The number of anilines is 1. The second kappa shape index (κ2) is 11.6. The quantitative estimate of drug-likeness (QED) is 0.620. The van der Waals surface area contributed by atoms with Gasteiger partial charge in [-0.25, -0.2) is 8.42 Å². The van der Waals surface area contributed by atoms with Gasteiger partial charge in [0.2, 0.25) is 0 Å². The largest absolute Gasteiger partial charge is 0.379 e. The second-order valence-electron chi connectivity index (χ2n) is 8.92. The number of ether oxygens (including phenoxy) is 1. The van der Waals surface area contributed by atoms with Crippen LogP contribution < -0.4 is 4.72 Å². The van der Waals surface area contributed by atoms with Crippen LogP contribution >= 0.6 is 0 Å². The number of sulfonamides is 1. The lowest BCUT2D eigenvalue weighted by molar-refractivity contribution is 0.0332. The van der Waals surface area contributed by atoms with Gasteiger partial charge in [-0.05, 0) is 67.6 Å². The minimum atomic E-state index is -3.64. The van der Waals surface area contributed by atoms with Gasteiger partial charge in [-0.15, -0.1) is 0 Å². The van der Waals surface area contributed by atoms with E-state index in [1.807, 2.05) is 35.2 Å². The summed E-state index contributed by atoms with van der Waals surface area (Å²) in [4.78, 5) is 17.3. The molecule has 0 saturated carbocycles. The van der Waals surface area contributed by atoms with Crippen LogP contribution in [0.25, 0.3) is 6.08 Å². The number of nitrogens with one attached hydrogen (secondary N) is 1. The van der Waals surface area contributed by atoms with Gasteiger partial charge in [0.1, 0.15) is 0 Å². The molecule has 2 aromatic carbocycles. The molecule has 34 heavy (non-hydrogen) atoms. The van der Waals surface area contributed by atoms with E-state index in [2.05, 4.69) is 9.62 Å². The van der Waals surface area contributed by atoms with Crippen molar-refractivity contribution in [3.05, 3.63) is 71.1 Å². The standard InChI is InChI=1S/C26H33N3O4S/c30-26(29-15-11-23(12-16-29)10-14-28-17-19-33-20-18-28)24-6-8-25(9-7-24)27-34(31,32)21-13-22-4-2-1-3-5-22/h1-9,13,21,23,27H,10-12,14-20H2/b21-13+. The third kappa shape index (κ3) is 7.16. The van der Waals surface area contributed by atoms with Crippen molar-refractivity contribution in [2.75, 3.05) is 50.7 Å². The molecule has 2 aliphatic heterocycles. The van der Waals surface area contributed by atoms with E-state index in [4.69, 9.17) is 4.74 Å². The molecule has 2 saturated heterocycles. The topological polar surface area (TPSA) is 79.0 Å². The van der Waals surface area contributed by atoms with Crippen molar-refractivity contribution in [1.29, 1.82) is 0 Å². The number of amides is 1. The lowest BCUT2D eigenvalue weighted by Crippen LogP contribution is -2.40. The lowest BCUT2D eigenvalue weighted by atomic mass is 9.93. The number of benzene rings is 2. The molecule has 182 valence electrons. The number of carbonyl (C=O) groups excluding carboxylic acids is 1. The van der Waals surface area contributed by atoms with Gasteiger partial charge >= 0.3 is 0 Å². The molecule has 8 heteroatoms. The molecule has 2 heterocycles. The maximum Gasteiger partial charge on any atom is 0.255 e. The van der Waals surface area contributed by atoms with E-state index in [9.17, 15) is 13.2 Å². The van der Waals surface area contributed by atoms with E-state index in [0.717, 1.165) is 69.8 Å². The van der Waals surface area contributed by atoms with Crippen LogP contribution in [-0.4, -0.2) is 70.1 Å². The van der Waals surface area contributed by atoms with Crippen molar-refractivity contribution in [1.82, 2.24) is 9.80 Å². The molecule has 0 bridgehead atoms. The number of morpholine rings is 1. The zero-order chi connectivity index (χ0) is 23.8. The third-order valence-electron chi connectivity index (χ3n) is 6.49. The van der Waals surface area contributed by atoms with Crippen molar-refractivity contribution >= 4 is 27.7 Å². The summed E-state index contributed by atoms with van der Waals surface area (Å²) in [7, 11) is -3.64. The fourth-order valence-electron chi connectivity index (χ4n) is 4.41. The Bertz CT molecular complexity index is 1060. The van der Waals surface area contributed by atoms with Gasteiger partial charge in [0.25, 0.3) is 15.9 Å². The predicted molar refractivity (Wildman–Crippen MR) is 135 cm³/mol. The molecule has 0 radical (unpaired) electrons. The summed E-state index contributed by atoms with van der Waals surface area (Å²) in [5.74, 6) is 0.664. The van der Waals surface area contributed by atoms with Crippen molar-refractivity contribution in [3.8, 4) is 0 Å². The summed E-state index contributed by atoms with van der Waals surface area (Å²) in [6.07, 6.45) is 4.78.